The Morgan fingerprint density at radius 3 is 2.70 bits per heavy atom. The maximum Gasteiger partial charge on any atom is 0.340 e. The predicted molar refractivity (Wildman–Crippen MR) is 99.8 cm³/mol. The highest BCUT2D eigenvalue weighted by Crippen LogP contribution is 2.32. The molecule has 8 heteroatoms. The molecule has 27 heavy (non-hydrogen) atoms. The summed E-state index contributed by atoms with van der Waals surface area (Å²) in [4.78, 5) is 26.1. The molecule has 1 aliphatic rings. The van der Waals surface area contributed by atoms with Crippen LogP contribution in [-0.2, 0) is 16.1 Å². The van der Waals surface area contributed by atoms with Gasteiger partial charge in [0.2, 0.25) is 6.79 Å². The van der Waals surface area contributed by atoms with Gasteiger partial charge in [-0.25, -0.2) is 4.79 Å². The summed E-state index contributed by atoms with van der Waals surface area (Å²) in [6.07, 6.45) is 0. The largest absolute Gasteiger partial charge is 0.454 e. The van der Waals surface area contributed by atoms with Gasteiger partial charge in [-0.15, -0.1) is 0 Å². The molecule has 1 aliphatic heterocycles. The van der Waals surface area contributed by atoms with Gasteiger partial charge < -0.3 is 24.8 Å². The van der Waals surface area contributed by atoms with Crippen molar-refractivity contribution in [3.05, 3.63) is 52.5 Å². The third kappa shape index (κ3) is 4.43. The quantitative estimate of drug-likeness (QED) is 0.602. The highest BCUT2D eigenvalue weighted by molar-refractivity contribution is 6.31. The average Bonchev–Trinajstić information content (AvgIpc) is 3.11. The third-order valence-corrected chi connectivity index (χ3v) is 4.34. The number of ether oxygens (including phenoxy) is 3. The molecule has 0 spiro atoms. The lowest BCUT2D eigenvalue weighted by molar-refractivity contribution is -0.134. The number of anilines is 1. The van der Waals surface area contributed by atoms with Crippen molar-refractivity contribution in [1.29, 1.82) is 0 Å². The maximum absolute atomic E-state index is 12.4. The number of rotatable bonds is 6. The number of esters is 1. The molecule has 0 aliphatic carbocycles. The Morgan fingerprint density at radius 2 is 1.96 bits per heavy atom. The smallest absolute Gasteiger partial charge is 0.340 e. The van der Waals surface area contributed by atoms with E-state index in [0.29, 0.717) is 29.6 Å². The van der Waals surface area contributed by atoms with Crippen LogP contribution in [0.2, 0.25) is 5.02 Å². The van der Waals surface area contributed by atoms with Crippen molar-refractivity contribution in [3.63, 3.8) is 0 Å². The van der Waals surface area contributed by atoms with Crippen LogP contribution in [0.4, 0.5) is 5.69 Å². The normalized spacial score (nSPS) is 11.9. The van der Waals surface area contributed by atoms with Crippen LogP contribution in [0.1, 0.15) is 22.8 Å². The summed E-state index contributed by atoms with van der Waals surface area (Å²) in [5.41, 5.74) is 7.02. The molecular weight excluding hydrogens is 372 g/mol. The number of halogens is 1. The number of carbonyl (C=O) groups excluding carboxylic acids is 2. The minimum absolute atomic E-state index is 0.172. The molecule has 0 atom stereocenters. The summed E-state index contributed by atoms with van der Waals surface area (Å²) in [7, 11) is 0. The summed E-state index contributed by atoms with van der Waals surface area (Å²) in [5.74, 6) is 0.357. The zero-order valence-electron chi connectivity index (χ0n) is 14.7. The molecule has 2 N–H and O–H groups in total. The Morgan fingerprint density at radius 1 is 1.19 bits per heavy atom. The van der Waals surface area contributed by atoms with Crippen molar-refractivity contribution >= 4 is 29.2 Å². The van der Waals surface area contributed by atoms with Crippen molar-refractivity contribution in [2.75, 3.05) is 25.7 Å². The van der Waals surface area contributed by atoms with Crippen LogP contribution < -0.4 is 15.2 Å². The Balaban J connectivity index is 1.59. The molecule has 0 radical (unpaired) electrons. The second-order valence-corrected chi connectivity index (χ2v) is 6.34. The van der Waals surface area contributed by atoms with E-state index >= 15 is 0 Å². The van der Waals surface area contributed by atoms with Crippen molar-refractivity contribution in [2.24, 2.45) is 0 Å². The van der Waals surface area contributed by atoms with Gasteiger partial charge in [-0.2, -0.15) is 0 Å². The maximum atomic E-state index is 12.4. The zero-order valence-corrected chi connectivity index (χ0v) is 15.5. The second kappa shape index (κ2) is 8.18. The van der Waals surface area contributed by atoms with Crippen molar-refractivity contribution in [3.8, 4) is 11.5 Å². The van der Waals surface area contributed by atoms with Crippen LogP contribution >= 0.6 is 11.6 Å². The van der Waals surface area contributed by atoms with Gasteiger partial charge >= 0.3 is 5.97 Å². The Hall–Kier alpha value is -2.93. The fourth-order valence-electron chi connectivity index (χ4n) is 2.65. The van der Waals surface area contributed by atoms with E-state index < -0.39 is 5.97 Å². The van der Waals surface area contributed by atoms with Gasteiger partial charge in [0.25, 0.3) is 5.91 Å². The van der Waals surface area contributed by atoms with E-state index in [1.54, 1.807) is 11.0 Å². The topological polar surface area (TPSA) is 91.1 Å². The summed E-state index contributed by atoms with van der Waals surface area (Å²) < 4.78 is 15.7. The fourth-order valence-corrected chi connectivity index (χ4v) is 2.83. The molecule has 0 saturated carbocycles. The van der Waals surface area contributed by atoms with E-state index in [-0.39, 0.29) is 30.6 Å². The summed E-state index contributed by atoms with van der Waals surface area (Å²) in [6, 6.07) is 9.96. The van der Waals surface area contributed by atoms with Gasteiger partial charge in [0.05, 0.1) is 5.56 Å². The van der Waals surface area contributed by atoms with Crippen LogP contribution in [0.3, 0.4) is 0 Å². The van der Waals surface area contributed by atoms with Crippen LogP contribution in [0.5, 0.6) is 11.5 Å². The number of likely N-dealkylation sites (N-methyl/N-ethyl adjacent to an activating group) is 1. The molecule has 0 saturated heterocycles. The summed E-state index contributed by atoms with van der Waals surface area (Å²) >= 11 is 5.81. The number of hydrogen-bond donors (Lipinski definition) is 1. The number of hydrogen-bond acceptors (Lipinski definition) is 6. The Kier molecular flexibility index (Phi) is 5.71. The third-order valence-electron chi connectivity index (χ3n) is 4.11. The fraction of sp³-hybridized carbons (Fsp3) is 0.263. The highest BCUT2D eigenvalue weighted by Gasteiger charge is 2.19. The molecule has 2 aromatic carbocycles. The molecule has 1 heterocycles. The second-order valence-electron chi connectivity index (χ2n) is 5.90. The number of amides is 1. The first kappa shape index (κ1) is 18.8. The number of carbonyl (C=O) groups is 2. The minimum Gasteiger partial charge on any atom is -0.454 e. The Labute approximate surface area is 161 Å². The van der Waals surface area contributed by atoms with Gasteiger partial charge in [-0.3, -0.25) is 4.79 Å². The molecule has 0 unspecified atom stereocenters. The van der Waals surface area contributed by atoms with E-state index in [1.165, 1.54) is 18.2 Å². The zero-order chi connectivity index (χ0) is 19.4. The van der Waals surface area contributed by atoms with Crippen molar-refractivity contribution in [2.45, 2.75) is 13.5 Å². The molecular formula is C19H19ClN2O5. The molecule has 3 rings (SSSR count). The number of nitrogens with zero attached hydrogens (tertiary/aromatic N) is 1. The first-order chi connectivity index (χ1) is 13.0. The monoisotopic (exact) mass is 390 g/mol. The van der Waals surface area contributed by atoms with Crippen LogP contribution in [-0.4, -0.2) is 36.7 Å². The van der Waals surface area contributed by atoms with Gasteiger partial charge in [-0.1, -0.05) is 17.7 Å². The predicted octanol–water partition coefficient (Wildman–Crippen LogP) is 2.86. The van der Waals surface area contributed by atoms with Gasteiger partial charge in [0.1, 0.15) is 0 Å². The molecule has 2 aromatic rings. The lowest BCUT2D eigenvalue weighted by atomic mass is 10.2. The summed E-state index contributed by atoms with van der Waals surface area (Å²) in [5, 5.41) is 0.418. The first-order valence-electron chi connectivity index (χ1n) is 8.36. The van der Waals surface area contributed by atoms with Crippen molar-refractivity contribution < 1.29 is 23.8 Å². The molecule has 1 amide bonds. The van der Waals surface area contributed by atoms with Crippen LogP contribution in [0.25, 0.3) is 0 Å². The van der Waals surface area contributed by atoms with E-state index in [9.17, 15) is 9.59 Å². The molecule has 7 nitrogen and oxygen atoms in total. The van der Waals surface area contributed by atoms with E-state index in [4.69, 9.17) is 31.5 Å². The standard InChI is InChI=1S/C19H19ClN2O5/c1-2-22(9-12-3-6-16-17(7-12)27-11-26-16)18(23)10-25-19(24)14-5-4-13(20)8-15(14)21/h3-8H,2,9-11,21H2,1H3. The molecule has 0 bridgehead atoms. The molecule has 142 valence electrons. The van der Waals surface area contributed by atoms with Crippen LogP contribution in [0, 0.1) is 0 Å². The first-order valence-corrected chi connectivity index (χ1v) is 8.74. The number of fused-ring (bicyclic) bond motifs is 1. The van der Waals surface area contributed by atoms with Gasteiger partial charge in [0, 0.05) is 23.8 Å². The molecule has 0 fully saturated rings. The molecule has 0 aromatic heterocycles. The van der Waals surface area contributed by atoms with E-state index in [0.717, 1.165) is 5.56 Å². The highest BCUT2D eigenvalue weighted by atomic mass is 35.5. The van der Waals surface area contributed by atoms with Gasteiger partial charge in [-0.05, 0) is 42.8 Å². The lowest BCUT2D eigenvalue weighted by Crippen LogP contribution is -2.34. The number of nitrogen functional groups attached to an aromatic ring is 1. The number of benzene rings is 2. The van der Waals surface area contributed by atoms with Crippen molar-refractivity contribution in [1.82, 2.24) is 4.90 Å². The lowest BCUT2D eigenvalue weighted by Gasteiger charge is -2.21. The van der Waals surface area contributed by atoms with E-state index in [2.05, 4.69) is 0 Å². The van der Waals surface area contributed by atoms with E-state index in [1.807, 2.05) is 19.1 Å². The Bertz CT molecular complexity index is 871. The van der Waals surface area contributed by atoms with Crippen LogP contribution in [0.15, 0.2) is 36.4 Å². The minimum atomic E-state index is -0.670. The van der Waals surface area contributed by atoms with Gasteiger partial charge in [0.15, 0.2) is 18.1 Å². The summed E-state index contributed by atoms with van der Waals surface area (Å²) in [6.45, 7) is 2.50. The average molecular weight is 391 g/mol. The number of nitrogens with two attached hydrogens (primary N) is 1. The SMILES string of the molecule is CCN(Cc1ccc2c(c1)OCO2)C(=O)COC(=O)c1ccc(Cl)cc1N.